The van der Waals surface area contributed by atoms with E-state index in [0.29, 0.717) is 29.1 Å². The number of hydrogen-bond donors (Lipinski definition) is 3. The lowest BCUT2D eigenvalue weighted by Gasteiger charge is -2.07. The van der Waals surface area contributed by atoms with Crippen molar-refractivity contribution in [2.45, 2.75) is 6.92 Å². The molecule has 0 aliphatic rings. The maximum atomic E-state index is 5.84. The predicted octanol–water partition coefficient (Wildman–Crippen LogP) is 4.29. The molecule has 2 heterocycles. The van der Waals surface area contributed by atoms with E-state index in [1.807, 2.05) is 55.5 Å². The zero-order chi connectivity index (χ0) is 18.6. The Balaban J connectivity index is 1.53. The third kappa shape index (κ3) is 4.04. The maximum absolute atomic E-state index is 5.84. The second-order valence-electron chi connectivity index (χ2n) is 6.06. The van der Waals surface area contributed by atoms with Crippen molar-refractivity contribution in [3.63, 3.8) is 0 Å². The monoisotopic (exact) mass is 358 g/mol. The first-order valence-corrected chi connectivity index (χ1v) is 8.42. The predicted molar refractivity (Wildman–Crippen MR) is 105 cm³/mol. The van der Waals surface area contributed by atoms with E-state index in [9.17, 15) is 0 Å². The van der Waals surface area contributed by atoms with Crippen LogP contribution in [-0.2, 0) is 0 Å². The molecule has 7 heteroatoms. The van der Waals surface area contributed by atoms with Crippen molar-refractivity contribution in [3.05, 3.63) is 72.4 Å². The number of hydrogen-bond acceptors (Lipinski definition) is 6. The highest BCUT2D eigenvalue weighted by molar-refractivity contribution is 5.61. The number of rotatable bonds is 5. The van der Waals surface area contributed by atoms with Gasteiger partial charge < -0.3 is 20.8 Å². The average Bonchev–Trinajstić information content (AvgIpc) is 3.10. The molecular weight excluding hydrogens is 340 g/mol. The molecule has 0 fully saturated rings. The minimum absolute atomic E-state index is 0.408. The topological polar surface area (TPSA) is 102 Å². The summed E-state index contributed by atoms with van der Waals surface area (Å²) in [7, 11) is 0. The Bertz CT molecular complexity index is 1080. The molecule has 0 saturated heterocycles. The van der Waals surface area contributed by atoms with Crippen molar-refractivity contribution in [3.8, 4) is 22.9 Å². The smallest absolute Gasteiger partial charge is 0.226 e. The molecule has 2 aromatic carbocycles. The van der Waals surface area contributed by atoms with Crippen LogP contribution in [-0.4, -0.2) is 20.2 Å². The van der Waals surface area contributed by atoms with Gasteiger partial charge in [0.25, 0.3) is 0 Å². The number of nitrogens with two attached hydrogens (primary N) is 1. The molecule has 0 unspecified atom stereocenters. The summed E-state index contributed by atoms with van der Waals surface area (Å²) in [5, 5.41) is 11.6. The van der Waals surface area contributed by atoms with Gasteiger partial charge in [-0.1, -0.05) is 24.3 Å². The van der Waals surface area contributed by atoms with E-state index in [1.165, 1.54) is 5.56 Å². The number of nitrogen functional groups attached to an aromatic ring is 1. The van der Waals surface area contributed by atoms with Gasteiger partial charge in [0.05, 0.1) is 0 Å². The molecule has 4 aromatic rings. The summed E-state index contributed by atoms with van der Waals surface area (Å²) in [6, 6.07) is 19.0. The minimum Gasteiger partial charge on any atom is -0.457 e. The van der Waals surface area contributed by atoms with E-state index >= 15 is 0 Å². The van der Waals surface area contributed by atoms with Gasteiger partial charge in [0.15, 0.2) is 5.82 Å². The fourth-order valence-electron chi connectivity index (χ4n) is 2.64. The van der Waals surface area contributed by atoms with Gasteiger partial charge >= 0.3 is 0 Å². The molecule has 0 atom stereocenters. The van der Waals surface area contributed by atoms with E-state index < -0.39 is 0 Å². The molecule has 4 N–H and O–H groups in total. The molecule has 0 aliphatic heterocycles. The van der Waals surface area contributed by atoms with Gasteiger partial charge in [-0.05, 0) is 42.8 Å². The standard InChI is InChI=1S/C20H18N6O/c1-13-4-2-6-15(10-13)23-20-24-19(25-26-20)14-5-3-7-16(11-14)27-17-8-9-22-18(21)12-17/h2-12H,1H3,(H2,21,22)(H2,23,24,25,26). The van der Waals surface area contributed by atoms with Gasteiger partial charge in [-0.25, -0.2) is 4.98 Å². The first-order chi connectivity index (χ1) is 13.2. The summed E-state index contributed by atoms with van der Waals surface area (Å²) < 4.78 is 5.84. The number of pyridine rings is 1. The minimum atomic E-state index is 0.408. The zero-order valence-electron chi connectivity index (χ0n) is 14.7. The summed E-state index contributed by atoms with van der Waals surface area (Å²) >= 11 is 0. The Labute approximate surface area is 156 Å². The lowest BCUT2D eigenvalue weighted by Crippen LogP contribution is -1.92. The summed E-state index contributed by atoms with van der Waals surface area (Å²) in [4.78, 5) is 7.14. The molecule has 2 aromatic heterocycles. The number of nitrogens with zero attached hydrogens (tertiary/aromatic N) is 3. The van der Waals surface area contributed by atoms with E-state index in [1.54, 1.807) is 18.3 Å². The number of aromatic amines is 1. The molecule has 0 aliphatic carbocycles. The van der Waals surface area contributed by atoms with Crippen molar-refractivity contribution in [2.24, 2.45) is 0 Å². The number of aromatic nitrogens is 4. The van der Waals surface area contributed by atoms with Gasteiger partial charge in [0.2, 0.25) is 5.95 Å². The van der Waals surface area contributed by atoms with Crippen molar-refractivity contribution < 1.29 is 4.74 Å². The van der Waals surface area contributed by atoms with Crippen molar-refractivity contribution in [1.29, 1.82) is 0 Å². The first kappa shape index (κ1) is 16.6. The maximum Gasteiger partial charge on any atom is 0.226 e. The van der Waals surface area contributed by atoms with Gasteiger partial charge in [0, 0.05) is 23.5 Å². The van der Waals surface area contributed by atoms with Crippen LogP contribution in [0.5, 0.6) is 11.5 Å². The lowest BCUT2D eigenvalue weighted by molar-refractivity contribution is 0.482. The van der Waals surface area contributed by atoms with Gasteiger partial charge in [-0.15, -0.1) is 10.2 Å². The summed E-state index contributed by atoms with van der Waals surface area (Å²) in [5.41, 5.74) is 8.66. The highest BCUT2D eigenvalue weighted by Gasteiger charge is 2.08. The Kier molecular flexibility index (Phi) is 4.40. The Hall–Kier alpha value is -3.87. The number of nitrogens with one attached hydrogen (secondary N) is 2. The Morgan fingerprint density at radius 3 is 2.67 bits per heavy atom. The molecule has 0 amide bonds. The van der Waals surface area contributed by atoms with Crippen LogP contribution in [0.15, 0.2) is 66.9 Å². The summed E-state index contributed by atoms with van der Waals surface area (Å²) in [5.74, 6) is 2.92. The number of anilines is 3. The molecular formula is C20H18N6O. The quantitative estimate of drug-likeness (QED) is 0.492. The number of benzene rings is 2. The highest BCUT2D eigenvalue weighted by atomic mass is 16.5. The number of ether oxygens (including phenoxy) is 1. The molecule has 4 rings (SSSR count). The third-order valence-corrected chi connectivity index (χ3v) is 3.86. The van der Waals surface area contributed by atoms with Crippen LogP contribution < -0.4 is 15.8 Å². The van der Waals surface area contributed by atoms with Crippen LogP contribution in [0.25, 0.3) is 11.4 Å². The first-order valence-electron chi connectivity index (χ1n) is 8.42. The van der Waals surface area contributed by atoms with Crippen LogP contribution in [0, 0.1) is 6.92 Å². The number of aryl methyl sites for hydroxylation is 1. The van der Waals surface area contributed by atoms with Crippen LogP contribution in [0.4, 0.5) is 17.5 Å². The fourth-order valence-corrected chi connectivity index (χ4v) is 2.64. The lowest BCUT2D eigenvalue weighted by atomic mass is 10.2. The Morgan fingerprint density at radius 2 is 1.81 bits per heavy atom. The molecule has 134 valence electrons. The second-order valence-corrected chi connectivity index (χ2v) is 6.06. The molecule has 0 radical (unpaired) electrons. The molecule has 0 bridgehead atoms. The molecule has 27 heavy (non-hydrogen) atoms. The Morgan fingerprint density at radius 1 is 0.963 bits per heavy atom. The van der Waals surface area contributed by atoms with E-state index in [2.05, 4.69) is 25.5 Å². The zero-order valence-corrected chi connectivity index (χ0v) is 14.7. The van der Waals surface area contributed by atoms with Crippen molar-refractivity contribution in [2.75, 3.05) is 11.1 Å². The van der Waals surface area contributed by atoms with Gasteiger partial charge in [0.1, 0.15) is 17.3 Å². The molecule has 0 saturated carbocycles. The van der Waals surface area contributed by atoms with E-state index in [0.717, 1.165) is 11.3 Å². The second kappa shape index (κ2) is 7.17. The van der Waals surface area contributed by atoms with Crippen LogP contribution in [0.1, 0.15) is 5.56 Å². The van der Waals surface area contributed by atoms with Crippen molar-refractivity contribution >= 4 is 17.5 Å². The normalized spacial score (nSPS) is 10.6. The number of H-pyrrole nitrogens is 1. The van der Waals surface area contributed by atoms with Crippen molar-refractivity contribution in [1.82, 2.24) is 20.2 Å². The average molecular weight is 358 g/mol. The van der Waals surface area contributed by atoms with Gasteiger partial charge in [-0.3, -0.25) is 0 Å². The summed E-state index contributed by atoms with van der Waals surface area (Å²) in [6.45, 7) is 2.04. The largest absolute Gasteiger partial charge is 0.457 e. The molecule has 7 nitrogen and oxygen atoms in total. The third-order valence-electron chi connectivity index (χ3n) is 3.86. The fraction of sp³-hybridized carbons (Fsp3) is 0.0500. The van der Waals surface area contributed by atoms with Crippen LogP contribution in [0.2, 0.25) is 0 Å². The van der Waals surface area contributed by atoms with E-state index in [4.69, 9.17) is 10.5 Å². The van der Waals surface area contributed by atoms with E-state index in [-0.39, 0.29) is 0 Å². The SMILES string of the molecule is Cc1cccc(Nc2nnc(-c3cccc(Oc4ccnc(N)c4)c3)[nH]2)c1. The van der Waals surface area contributed by atoms with Gasteiger partial charge in [-0.2, -0.15) is 0 Å². The summed E-state index contributed by atoms with van der Waals surface area (Å²) in [6.07, 6.45) is 1.61. The van der Waals surface area contributed by atoms with Crippen LogP contribution >= 0.6 is 0 Å². The molecule has 0 spiro atoms. The van der Waals surface area contributed by atoms with Crippen LogP contribution in [0.3, 0.4) is 0 Å². The highest BCUT2D eigenvalue weighted by Crippen LogP contribution is 2.27.